The van der Waals surface area contributed by atoms with Gasteiger partial charge in [-0.3, -0.25) is 9.69 Å². The number of carbonyl (C=O) groups is 1. The summed E-state index contributed by atoms with van der Waals surface area (Å²) in [6, 6.07) is 9.24. The molecule has 1 aromatic carbocycles. The summed E-state index contributed by atoms with van der Waals surface area (Å²) in [7, 11) is 0. The molecule has 4 saturated heterocycles. The number of aliphatic hydroxyl groups is 1. The van der Waals surface area contributed by atoms with Crippen LogP contribution in [-0.4, -0.2) is 46.4 Å². The topological polar surface area (TPSA) is 61.8 Å². The summed E-state index contributed by atoms with van der Waals surface area (Å²) in [6.45, 7) is 3.54. The van der Waals surface area contributed by atoms with Crippen molar-refractivity contribution >= 4 is 11.7 Å². The van der Waals surface area contributed by atoms with Gasteiger partial charge in [-0.15, -0.1) is 0 Å². The van der Waals surface area contributed by atoms with Crippen molar-refractivity contribution in [2.75, 3.05) is 5.32 Å². The molecule has 1 saturated carbocycles. The number of para-hydroxylation sites is 1. The maximum Gasteiger partial charge on any atom is 0.302 e. The van der Waals surface area contributed by atoms with Crippen LogP contribution in [0.15, 0.2) is 35.9 Å². The van der Waals surface area contributed by atoms with E-state index < -0.39 is 6.23 Å². The molecule has 5 heterocycles. The Bertz CT molecular complexity index is 851. The lowest BCUT2D eigenvalue weighted by atomic mass is 9.65. The average molecular weight is 352 g/mol. The van der Waals surface area contributed by atoms with Gasteiger partial charge in [0.1, 0.15) is 12.3 Å². The van der Waals surface area contributed by atoms with E-state index in [1.54, 1.807) is 0 Å². The van der Waals surface area contributed by atoms with Crippen molar-refractivity contribution in [2.45, 2.75) is 62.6 Å². The predicted octanol–water partition coefficient (Wildman–Crippen LogP) is 2.02. The van der Waals surface area contributed by atoms with Crippen LogP contribution in [0.5, 0.6) is 0 Å². The van der Waals surface area contributed by atoms with Crippen molar-refractivity contribution < 1.29 is 14.6 Å². The van der Waals surface area contributed by atoms with Gasteiger partial charge in [-0.1, -0.05) is 24.3 Å². The number of hydrogen-bond donors (Lipinski definition) is 2. The molecule has 136 valence electrons. The Labute approximate surface area is 153 Å². The fourth-order valence-corrected chi connectivity index (χ4v) is 7.32. The van der Waals surface area contributed by atoms with Gasteiger partial charge in [-0.2, -0.15) is 0 Å². The standard InChI is InChI=1S/C21H24N2O3/c1-3-11-12-8-15-18-21(13-6-4-5-7-14(13)22-18)9-16(23(15)20(11)25)17(12)19(21)26-10(2)24/h3-7,12,15-20,22,25H,8-9H2,1-2H3/t12-,15+,16+,17?,18+,19-,20-,21-/m1/s1. The zero-order valence-electron chi connectivity index (χ0n) is 15.1. The van der Waals surface area contributed by atoms with E-state index in [4.69, 9.17) is 4.74 Å². The lowest BCUT2D eigenvalue weighted by molar-refractivity contribution is -0.156. The van der Waals surface area contributed by atoms with Crippen LogP contribution in [-0.2, 0) is 14.9 Å². The molecular weight excluding hydrogens is 328 g/mol. The Balaban J connectivity index is 1.59. The maximum atomic E-state index is 12.1. The van der Waals surface area contributed by atoms with Gasteiger partial charge in [0, 0.05) is 30.6 Å². The highest BCUT2D eigenvalue weighted by atomic mass is 16.5. The normalized spacial score (nSPS) is 50.5. The fraction of sp³-hybridized carbons (Fsp3) is 0.571. The van der Waals surface area contributed by atoms with Gasteiger partial charge in [0.25, 0.3) is 0 Å². The van der Waals surface area contributed by atoms with Crippen molar-refractivity contribution in [1.29, 1.82) is 0 Å². The van der Waals surface area contributed by atoms with E-state index in [1.807, 2.05) is 6.92 Å². The van der Waals surface area contributed by atoms with Gasteiger partial charge in [0.2, 0.25) is 0 Å². The highest BCUT2D eigenvalue weighted by molar-refractivity contribution is 5.69. The molecule has 5 heteroatoms. The van der Waals surface area contributed by atoms with Gasteiger partial charge >= 0.3 is 5.97 Å². The summed E-state index contributed by atoms with van der Waals surface area (Å²) in [4.78, 5) is 14.4. The number of fused-ring (bicyclic) bond motifs is 2. The number of carbonyl (C=O) groups excluding carboxylic acids is 1. The number of piperidine rings is 4. The third-order valence-electron chi connectivity index (χ3n) is 7.89. The number of rotatable bonds is 1. The minimum Gasteiger partial charge on any atom is -0.461 e. The molecule has 5 nitrogen and oxygen atoms in total. The molecule has 26 heavy (non-hydrogen) atoms. The quantitative estimate of drug-likeness (QED) is 0.598. The SMILES string of the molecule is CC=C1[C@H]2C[C@H]3[C@@H]4Nc5ccccc5[C@]45C[C@@H](C2[C@H]5OC(C)=O)N3[C@@H]1O. The molecule has 6 aliphatic rings. The Morgan fingerprint density at radius 2 is 2.19 bits per heavy atom. The van der Waals surface area contributed by atoms with Crippen molar-refractivity contribution in [3.8, 4) is 0 Å². The van der Waals surface area contributed by atoms with E-state index in [2.05, 4.69) is 40.6 Å². The number of allylic oxidation sites excluding steroid dienone is 1. The second kappa shape index (κ2) is 4.70. The number of nitrogens with zero attached hydrogens (tertiary/aromatic N) is 1. The summed E-state index contributed by atoms with van der Waals surface area (Å²) < 4.78 is 6.08. The molecule has 7 rings (SSSR count). The third kappa shape index (κ3) is 1.47. The van der Waals surface area contributed by atoms with Crippen LogP contribution < -0.4 is 5.32 Å². The van der Waals surface area contributed by atoms with E-state index in [9.17, 15) is 9.90 Å². The first-order chi connectivity index (χ1) is 12.6. The number of anilines is 1. The van der Waals surface area contributed by atoms with Gasteiger partial charge in [0.15, 0.2) is 0 Å². The molecular formula is C21H24N2O3. The molecule has 9 atom stereocenters. The largest absolute Gasteiger partial charge is 0.461 e. The van der Waals surface area contributed by atoms with Crippen LogP contribution in [0.4, 0.5) is 5.69 Å². The molecule has 1 aromatic rings. The Morgan fingerprint density at radius 3 is 2.96 bits per heavy atom. The Hall–Kier alpha value is -1.85. The van der Waals surface area contributed by atoms with Gasteiger partial charge in [-0.05, 0) is 42.9 Å². The maximum absolute atomic E-state index is 12.1. The van der Waals surface area contributed by atoms with Crippen LogP contribution in [0.3, 0.4) is 0 Å². The third-order valence-corrected chi connectivity index (χ3v) is 7.89. The van der Waals surface area contributed by atoms with Crippen LogP contribution in [0, 0.1) is 11.8 Å². The molecule has 1 aliphatic carbocycles. The lowest BCUT2D eigenvalue weighted by Gasteiger charge is -2.59. The molecule has 0 radical (unpaired) electrons. The lowest BCUT2D eigenvalue weighted by Crippen LogP contribution is -2.70. The molecule has 5 bridgehead atoms. The minimum absolute atomic E-state index is 0.131. The van der Waals surface area contributed by atoms with Crippen molar-refractivity contribution in [3.63, 3.8) is 0 Å². The summed E-state index contributed by atoms with van der Waals surface area (Å²) in [5.41, 5.74) is 3.41. The van der Waals surface area contributed by atoms with Gasteiger partial charge in [-0.25, -0.2) is 0 Å². The second-order valence-corrected chi connectivity index (χ2v) is 8.61. The number of ether oxygens (including phenoxy) is 1. The molecule has 5 fully saturated rings. The monoisotopic (exact) mass is 352 g/mol. The molecule has 1 spiro atoms. The summed E-state index contributed by atoms with van der Waals surface area (Å²) in [5.74, 6) is 0.373. The Kier molecular flexibility index (Phi) is 2.75. The van der Waals surface area contributed by atoms with E-state index >= 15 is 0 Å². The van der Waals surface area contributed by atoms with Crippen LogP contribution in [0.25, 0.3) is 0 Å². The molecule has 2 unspecified atom stereocenters. The van der Waals surface area contributed by atoms with Gasteiger partial charge in [0.05, 0.1) is 11.5 Å². The van der Waals surface area contributed by atoms with E-state index in [0.29, 0.717) is 5.92 Å². The van der Waals surface area contributed by atoms with Crippen molar-refractivity contribution in [3.05, 3.63) is 41.5 Å². The number of nitrogens with one attached hydrogen (secondary N) is 1. The van der Waals surface area contributed by atoms with Crippen LogP contribution in [0.2, 0.25) is 0 Å². The zero-order chi connectivity index (χ0) is 17.8. The van der Waals surface area contributed by atoms with E-state index in [1.165, 1.54) is 18.2 Å². The number of benzene rings is 1. The predicted molar refractivity (Wildman–Crippen MR) is 96.5 cm³/mol. The Morgan fingerprint density at radius 1 is 1.38 bits per heavy atom. The second-order valence-electron chi connectivity index (χ2n) is 8.61. The molecule has 0 aromatic heterocycles. The molecule has 2 N–H and O–H groups in total. The molecule has 5 aliphatic heterocycles. The molecule has 0 amide bonds. The number of aliphatic hydroxyl groups excluding tert-OH is 1. The first-order valence-electron chi connectivity index (χ1n) is 9.73. The summed E-state index contributed by atoms with van der Waals surface area (Å²) >= 11 is 0. The summed E-state index contributed by atoms with van der Waals surface area (Å²) in [5, 5.41) is 14.8. The number of esters is 1. The minimum atomic E-state index is -0.496. The zero-order valence-corrected chi connectivity index (χ0v) is 15.1. The van der Waals surface area contributed by atoms with Crippen molar-refractivity contribution in [1.82, 2.24) is 4.90 Å². The van der Waals surface area contributed by atoms with Crippen LogP contribution in [0.1, 0.15) is 32.3 Å². The smallest absolute Gasteiger partial charge is 0.302 e. The van der Waals surface area contributed by atoms with Crippen molar-refractivity contribution in [2.24, 2.45) is 11.8 Å². The fourth-order valence-electron chi connectivity index (χ4n) is 7.32. The summed E-state index contributed by atoms with van der Waals surface area (Å²) in [6.07, 6.45) is 3.43. The number of hydrogen-bond acceptors (Lipinski definition) is 5. The van der Waals surface area contributed by atoms with Gasteiger partial charge < -0.3 is 15.2 Å². The highest BCUT2D eigenvalue weighted by Crippen LogP contribution is 2.68. The highest BCUT2D eigenvalue weighted by Gasteiger charge is 2.76. The van der Waals surface area contributed by atoms with Crippen LogP contribution >= 0.6 is 0 Å². The van der Waals surface area contributed by atoms with E-state index in [0.717, 1.165) is 18.4 Å². The average Bonchev–Trinajstić information content (AvgIpc) is 3.08. The van der Waals surface area contributed by atoms with E-state index in [-0.39, 0.29) is 41.5 Å². The first kappa shape index (κ1) is 15.2. The first-order valence-corrected chi connectivity index (χ1v) is 9.73.